The van der Waals surface area contributed by atoms with Gasteiger partial charge in [-0.2, -0.15) is 4.39 Å². The smallest absolute Gasteiger partial charge is 0.304 e. The highest BCUT2D eigenvalue weighted by Gasteiger charge is 2.14. The quantitative estimate of drug-likeness (QED) is 0.585. The summed E-state index contributed by atoms with van der Waals surface area (Å²) < 4.78 is 13.2. The third kappa shape index (κ3) is 3.49. The van der Waals surface area contributed by atoms with Crippen LogP contribution in [0.4, 0.5) is 10.1 Å². The van der Waals surface area contributed by atoms with Gasteiger partial charge in [0.25, 0.3) is 0 Å². The average molecular weight is 241 g/mol. The molecular weight excluding hydrogens is 229 g/mol. The molecule has 1 atom stereocenters. The van der Waals surface area contributed by atoms with Gasteiger partial charge in [0.15, 0.2) is 0 Å². The molecule has 0 heterocycles. The van der Waals surface area contributed by atoms with E-state index >= 15 is 0 Å². The first-order valence-corrected chi connectivity index (χ1v) is 4.87. The van der Waals surface area contributed by atoms with Crippen LogP contribution in [-0.4, -0.2) is 16.9 Å². The van der Waals surface area contributed by atoms with Gasteiger partial charge in [0.1, 0.15) is 0 Å². The van der Waals surface area contributed by atoms with Gasteiger partial charge in [-0.05, 0) is 18.6 Å². The molecule has 1 amide bonds. The lowest BCUT2D eigenvalue weighted by molar-refractivity contribution is -0.387. The zero-order chi connectivity index (χ0) is 13.0. The highest BCUT2D eigenvalue weighted by Crippen LogP contribution is 2.17. The number of hydrogen-bond donors (Lipinski definition) is 2. The first-order valence-electron chi connectivity index (χ1n) is 4.87. The molecule has 0 saturated heterocycles. The van der Waals surface area contributed by atoms with Gasteiger partial charge in [-0.25, -0.2) is 0 Å². The minimum atomic E-state index is -0.902. The van der Waals surface area contributed by atoms with E-state index in [0.29, 0.717) is 5.56 Å². The SMILES string of the molecule is CC(NCc1ccc([N+](=O)[O-])c(F)c1)C(N)=O. The number of benzene rings is 1. The average Bonchev–Trinajstić information content (AvgIpc) is 2.25. The summed E-state index contributed by atoms with van der Waals surface area (Å²) in [5.74, 6) is -1.42. The van der Waals surface area contributed by atoms with Gasteiger partial charge in [0.2, 0.25) is 11.7 Å². The van der Waals surface area contributed by atoms with Gasteiger partial charge < -0.3 is 11.1 Å². The number of carbonyl (C=O) groups excluding carboxylic acids is 1. The Hall–Kier alpha value is -2.02. The van der Waals surface area contributed by atoms with E-state index in [4.69, 9.17) is 5.73 Å². The van der Waals surface area contributed by atoms with Crippen molar-refractivity contribution in [3.05, 3.63) is 39.7 Å². The Morgan fingerprint density at radius 1 is 1.65 bits per heavy atom. The second-order valence-electron chi connectivity index (χ2n) is 3.55. The number of nitrogens with one attached hydrogen (secondary N) is 1. The van der Waals surface area contributed by atoms with Crippen molar-refractivity contribution in [1.82, 2.24) is 5.32 Å². The summed E-state index contributed by atoms with van der Waals surface area (Å²) in [5.41, 5.74) is 4.96. The molecule has 1 rings (SSSR count). The number of nitrogens with two attached hydrogens (primary N) is 1. The van der Waals surface area contributed by atoms with Crippen LogP contribution in [0.5, 0.6) is 0 Å². The number of nitrogens with zero attached hydrogens (tertiary/aromatic N) is 1. The van der Waals surface area contributed by atoms with Gasteiger partial charge in [0.05, 0.1) is 11.0 Å². The largest absolute Gasteiger partial charge is 0.368 e. The fourth-order valence-corrected chi connectivity index (χ4v) is 1.18. The zero-order valence-corrected chi connectivity index (χ0v) is 9.14. The number of halogens is 1. The van der Waals surface area contributed by atoms with E-state index in [0.717, 1.165) is 12.1 Å². The Morgan fingerprint density at radius 3 is 2.76 bits per heavy atom. The highest BCUT2D eigenvalue weighted by atomic mass is 19.1. The predicted octanol–water partition coefficient (Wildman–Crippen LogP) is 0.697. The molecule has 6 nitrogen and oxygen atoms in total. The molecule has 1 aromatic carbocycles. The lowest BCUT2D eigenvalue weighted by Crippen LogP contribution is -2.38. The number of nitro groups is 1. The van der Waals surface area contributed by atoms with Crippen molar-refractivity contribution in [3.63, 3.8) is 0 Å². The van der Waals surface area contributed by atoms with E-state index in [1.54, 1.807) is 6.92 Å². The lowest BCUT2D eigenvalue weighted by Gasteiger charge is -2.09. The molecule has 1 aromatic rings. The van der Waals surface area contributed by atoms with Crippen LogP contribution >= 0.6 is 0 Å². The van der Waals surface area contributed by atoms with Crippen LogP contribution in [-0.2, 0) is 11.3 Å². The third-order valence-corrected chi connectivity index (χ3v) is 2.25. The second kappa shape index (κ2) is 5.35. The first kappa shape index (κ1) is 13.0. The molecule has 0 fully saturated rings. The fraction of sp³-hybridized carbons (Fsp3) is 0.300. The summed E-state index contributed by atoms with van der Waals surface area (Å²) in [4.78, 5) is 20.3. The van der Waals surface area contributed by atoms with Crippen molar-refractivity contribution in [1.29, 1.82) is 0 Å². The third-order valence-electron chi connectivity index (χ3n) is 2.25. The van der Waals surface area contributed by atoms with E-state index in [1.807, 2.05) is 0 Å². The molecule has 0 bridgehead atoms. The summed E-state index contributed by atoms with van der Waals surface area (Å²) in [6.45, 7) is 1.78. The van der Waals surface area contributed by atoms with E-state index in [1.165, 1.54) is 6.07 Å². The monoisotopic (exact) mass is 241 g/mol. The Balaban J connectivity index is 2.71. The summed E-state index contributed by atoms with van der Waals surface area (Å²) in [6.07, 6.45) is 0. The molecule has 1 unspecified atom stereocenters. The Morgan fingerprint density at radius 2 is 2.29 bits per heavy atom. The van der Waals surface area contributed by atoms with Crippen molar-refractivity contribution >= 4 is 11.6 Å². The van der Waals surface area contributed by atoms with Crippen LogP contribution in [0.15, 0.2) is 18.2 Å². The minimum Gasteiger partial charge on any atom is -0.368 e. The molecule has 0 radical (unpaired) electrons. The topological polar surface area (TPSA) is 98.3 Å². The summed E-state index contributed by atoms with van der Waals surface area (Å²) in [5, 5.41) is 13.1. The minimum absolute atomic E-state index is 0.207. The van der Waals surface area contributed by atoms with Crippen molar-refractivity contribution in [2.24, 2.45) is 5.73 Å². The number of amides is 1. The van der Waals surface area contributed by atoms with Crippen LogP contribution in [0.2, 0.25) is 0 Å². The maximum atomic E-state index is 13.2. The predicted molar refractivity (Wildman–Crippen MR) is 58.6 cm³/mol. The second-order valence-corrected chi connectivity index (χ2v) is 3.55. The Kier molecular flexibility index (Phi) is 4.11. The molecule has 0 aromatic heterocycles. The van der Waals surface area contributed by atoms with E-state index in [9.17, 15) is 19.3 Å². The van der Waals surface area contributed by atoms with Crippen LogP contribution in [0.25, 0.3) is 0 Å². The molecular formula is C10H12FN3O3. The molecule has 92 valence electrons. The number of carbonyl (C=O) groups is 1. The van der Waals surface area contributed by atoms with Crippen LogP contribution < -0.4 is 11.1 Å². The number of nitro benzene ring substituents is 1. The molecule has 0 aliphatic carbocycles. The van der Waals surface area contributed by atoms with E-state index in [-0.39, 0.29) is 6.54 Å². The maximum Gasteiger partial charge on any atom is 0.304 e. The molecule has 0 spiro atoms. The fourth-order valence-electron chi connectivity index (χ4n) is 1.18. The Bertz CT molecular complexity index is 450. The zero-order valence-electron chi connectivity index (χ0n) is 9.14. The number of hydrogen-bond acceptors (Lipinski definition) is 4. The van der Waals surface area contributed by atoms with Crippen molar-refractivity contribution in [2.75, 3.05) is 0 Å². The van der Waals surface area contributed by atoms with Gasteiger partial charge in [-0.1, -0.05) is 6.07 Å². The first-order chi connectivity index (χ1) is 7.91. The van der Waals surface area contributed by atoms with Crippen LogP contribution in [0, 0.1) is 15.9 Å². The van der Waals surface area contributed by atoms with E-state index in [2.05, 4.69) is 5.32 Å². The summed E-state index contributed by atoms with van der Waals surface area (Å²) >= 11 is 0. The normalized spacial score (nSPS) is 12.1. The van der Waals surface area contributed by atoms with Gasteiger partial charge in [-0.15, -0.1) is 0 Å². The highest BCUT2D eigenvalue weighted by molar-refractivity contribution is 5.79. The summed E-state index contributed by atoms with van der Waals surface area (Å²) in [7, 11) is 0. The molecule has 0 aliphatic heterocycles. The number of rotatable bonds is 5. The number of primary amides is 1. The lowest BCUT2D eigenvalue weighted by atomic mass is 10.2. The van der Waals surface area contributed by atoms with E-state index < -0.39 is 28.4 Å². The van der Waals surface area contributed by atoms with Crippen molar-refractivity contribution in [2.45, 2.75) is 19.5 Å². The molecule has 0 saturated carbocycles. The van der Waals surface area contributed by atoms with Crippen LogP contribution in [0.3, 0.4) is 0 Å². The molecule has 17 heavy (non-hydrogen) atoms. The van der Waals surface area contributed by atoms with Gasteiger partial charge >= 0.3 is 5.69 Å². The maximum absolute atomic E-state index is 13.2. The van der Waals surface area contributed by atoms with Crippen molar-refractivity contribution in [3.8, 4) is 0 Å². The summed E-state index contributed by atoms with van der Waals surface area (Å²) in [6, 6.07) is 3.01. The molecule has 0 aliphatic rings. The molecule has 3 N–H and O–H groups in total. The standard InChI is InChI=1S/C10H12FN3O3/c1-6(10(12)15)13-5-7-2-3-9(14(16)17)8(11)4-7/h2-4,6,13H,5H2,1H3,(H2,12,15). The molecule has 7 heteroatoms. The van der Waals surface area contributed by atoms with Gasteiger partial charge in [-0.3, -0.25) is 14.9 Å². The van der Waals surface area contributed by atoms with Crippen molar-refractivity contribution < 1.29 is 14.1 Å². The van der Waals surface area contributed by atoms with Crippen LogP contribution in [0.1, 0.15) is 12.5 Å². The van der Waals surface area contributed by atoms with Gasteiger partial charge in [0, 0.05) is 12.6 Å². The Labute approximate surface area is 96.8 Å².